The molecule has 0 aliphatic heterocycles. The zero-order valence-electron chi connectivity index (χ0n) is 15.9. The Hall–Kier alpha value is -3.44. The van der Waals surface area contributed by atoms with Crippen molar-refractivity contribution < 1.29 is 14.3 Å². The highest BCUT2D eigenvalue weighted by molar-refractivity contribution is 6.12. The highest BCUT2D eigenvalue weighted by Crippen LogP contribution is 2.19. The second kappa shape index (κ2) is 8.97. The van der Waals surface area contributed by atoms with E-state index in [2.05, 4.69) is 10.6 Å². The van der Waals surface area contributed by atoms with Crippen molar-refractivity contribution in [1.29, 1.82) is 0 Å². The Morgan fingerprint density at radius 2 is 1.61 bits per heavy atom. The van der Waals surface area contributed by atoms with Gasteiger partial charge in [-0.05, 0) is 54.4 Å². The minimum atomic E-state index is -0.281. The van der Waals surface area contributed by atoms with Gasteiger partial charge in [-0.2, -0.15) is 0 Å². The summed E-state index contributed by atoms with van der Waals surface area (Å²) in [5.74, 6) is -0.559. The number of ether oxygens (including phenoxy) is 1. The number of anilines is 2. The van der Waals surface area contributed by atoms with Crippen molar-refractivity contribution in [3.8, 4) is 0 Å². The van der Waals surface area contributed by atoms with Crippen molar-refractivity contribution in [2.45, 2.75) is 13.5 Å². The zero-order chi connectivity index (χ0) is 19.9. The van der Waals surface area contributed by atoms with Crippen LogP contribution in [0.1, 0.15) is 31.8 Å². The molecule has 142 valence electrons. The summed E-state index contributed by atoms with van der Waals surface area (Å²) >= 11 is 0. The Bertz CT molecular complexity index is 981. The van der Waals surface area contributed by atoms with Gasteiger partial charge in [-0.3, -0.25) is 9.59 Å². The third-order valence-corrected chi connectivity index (χ3v) is 4.22. The van der Waals surface area contributed by atoms with E-state index >= 15 is 0 Å². The summed E-state index contributed by atoms with van der Waals surface area (Å²) in [4.78, 5) is 25.3. The summed E-state index contributed by atoms with van der Waals surface area (Å²) in [5, 5.41) is 5.70. The normalized spacial score (nSPS) is 10.4. The summed E-state index contributed by atoms with van der Waals surface area (Å²) in [7, 11) is 1.62. The first-order chi connectivity index (χ1) is 13.6. The molecular formula is C23H22N2O3. The van der Waals surface area contributed by atoms with Crippen LogP contribution in [0.2, 0.25) is 0 Å². The number of amides is 2. The second-order valence-electron chi connectivity index (χ2n) is 6.45. The van der Waals surface area contributed by atoms with Crippen molar-refractivity contribution in [2.75, 3.05) is 17.7 Å². The summed E-state index contributed by atoms with van der Waals surface area (Å²) in [6, 6.07) is 21.6. The van der Waals surface area contributed by atoms with Crippen molar-refractivity contribution in [2.24, 2.45) is 0 Å². The molecule has 0 aromatic heterocycles. The van der Waals surface area contributed by atoms with Crippen LogP contribution in [0, 0.1) is 6.92 Å². The van der Waals surface area contributed by atoms with Gasteiger partial charge in [0, 0.05) is 18.4 Å². The maximum atomic E-state index is 12.7. The monoisotopic (exact) mass is 374 g/mol. The van der Waals surface area contributed by atoms with Crippen molar-refractivity contribution in [3.63, 3.8) is 0 Å². The first kappa shape index (κ1) is 19.3. The largest absolute Gasteiger partial charge is 0.380 e. The quantitative estimate of drug-likeness (QED) is 0.660. The lowest BCUT2D eigenvalue weighted by Crippen LogP contribution is -2.18. The molecule has 0 aliphatic carbocycles. The Balaban J connectivity index is 1.76. The van der Waals surface area contributed by atoms with Gasteiger partial charge in [0.1, 0.15) is 0 Å². The number of methoxy groups -OCH3 is 1. The van der Waals surface area contributed by atoms with Gasteiger partial charge in [-0.25, -0.2) is 0 Å². The van der Waals surface area contributed by atoms with E-state index in [1.807, 2.05) is 43.3 Å². The topological polar surface area (TPSA) is 67.4 Å². The molecular weight excluding hydrogens is 352 g/mol. The number of benzene rings is 3. The van der Waals surface area contributed by atoms with Gasteiger partial charge < -0.3 is 15.4 Å². The summed E-state index contributed by atoms with van der Waals surface area (Å²) in [6.07, 6.45) is 0. The third kappa shape index (κ3) is 4.84. The minimum absolute atomic E-state index is 0.278. The molecule has 2 N–H and O–H groups in total. The van der Waals surface area contributed by atoms with Crippen LogP contribution in [0.25, 0.3) is 0 Å². The fraction of sp³-hybridized carbons (Fsp3) is 0.130. The first-order valence-electron chi connectivity index (χ1n) is 8.93. The number of hydrogen-bond donors (Lipinski definition) is 2. The van der Waals surface area contributed by atoms with Gasteiger partial charge in [0.2, 0.25) is 0 Å². The number of aryl methyl sites for hydroxylation is 1. The zero-order valence-corrected chi connectivity index (χ0v) is 15.9. The number of nitrogens with one attached hydrogen (secondary N) is 2. The highest BCUT2D eigenvalue weighted by atomic mass is 16.5. The van der Waals surface area contributed by atoms with Crippen LogP contribution in [0.4, 0.5) is 11.4 Å². The van der Waals surface area contributed by atoms with Crippen molar-refractivity contribution in [3.05, 3.63) is 95.1 Å². The van der Waals surface area contributed by atoms with E-state index in [0.717, 1.165) is 11.1 Å². The molecule has 0 heterocycles. The van der Waals surface area contributed by atoms with Crippen molar-refractivity contribution in [1.82, 2.24) is 0 Å². The first-order valence-corrected chi connectivity index (χ1v) is 8.93. The lowest BCUT2D eigenvalue weighted by atomic mass is 10.1. The molecule has 0 saturated carbocycles. The number of rotatable bonds is 6. The SMILES string of the molecule is COCc1ccc(C(=O)Nc2ccccc2C(=O)Nc2cccc(C)c2)cc1. The molecule has 0 saturated heterocycles. The van der Waals surface area contributed by atoms with E-state index in [9.17, 15) is 9.59 Å². The number of carbonyl (C=O) groups is 2. The van der Waals surface area contributed by atoms with Gasteiger partial charge in [-0.15, -0.1) is 0 Å². The molecule has 0 aliphatic rings. The van der Waals surface area contributed by atoms with E-state index in [1.165, 1.54) is 0 Å². The maximum Gasteiger partial charge on any atom is 0.257 e. The fourth-order valence-corrected chi connectivity index (χ4v) is 2.82. The van der Waals surface area contributed by atoms with Crippen LogP contribution in [-0.2, 0) is 11.3 Å². The molecule has 3 aromatic rings. The Morgan fingerprint density at radius 3 is 2.32 bits per heavy atom. The molecule has 0 unspecified atom stereocenters. The molecule has 0 atom stereocenters. The van der Waals surface area contributed by atoms with E-state index in [4.69, 9.17) is 4.74 Å². The van der Waals surface area contributed by atoms with Crippen LogP contribution >= 0.6 is 0 Å². The molecule has 0 fully saturated rings. The predicted molar refractivity (Wildman–Crippen MR) is 111 cm³/mol. The highest BCUT2D eigenvalue weighted by Gasteiger charge is 2.14. The molecule has 2 amide bonds. The van der Waals surface area contributed by atoms with Gasteiger partial charge in [-0.1, -0.05) is 36.4 Å². The van der Waals surface area contributed by atoms with Crippen LogP contribution in [0.15, 0.2) is 72.8 Å². The molecule has 28 heavy (non-hydrogen) atoms. The van der Waals surface area contributed by atoms with Gasteiger partial charge in [0.25, 0.3) is 11.8 Å². The second-order valence-corrected chi connectivity index (χ2v) is 6.45. The third-order valence-electron chi connectivity index (χ3n) is 4.22. The van der Waals surface area contributed by atoms with Gasteiger partial charge in [0.15, 0.2) is 0 Å². The Labute approximate surface area is 164 Å². The van der Waals surface area contributed by atoms with E-state index in [0.29, 0.717) is 29.1 Å². The fourth-order valence-electron chi connectivity index (χ4n) is 2.82. The lowest BCUT2D eigenvalue weighted by Gasteiger charge is -2.12. The smallest absolute Gasteiger partial charge is 0.257 e. The molecule has 3 aromatic carbocycles. The molecule has 5 heteroatoms. The number of para-hydroxylation sites is 1. The summed E-state index contributed by atoms with van der Waals surface area (Å²) in [5.41, 5.74) is 4.11. The molecule has 0 radical (unpaired) electrons. The van der Waals surface area contributed by atoms with Gasteiger partial charge in [0.05, 0.1) is 17.9 Å². The van der Waals surface area contributed by atoms with Crippen LogP contribution in [-0.4, -0.2) is 18.9 Å². The van der Waals surface area contributed by atoms with Crippen LogP contribution < -0.4 is 10.6 Å². The number of hydrogen-bond acceptors (Lipinski definition) is 3. The van der Waals surface area contributed by atoms with Gasteiger partial charge >= 0.3 is 0 Å². The van der Waals surface area contributed by atoms with Crippen molar-refractivity contribution >= 4 is 23.2 Å². The van der Waals surface area contributed by atoms with Crippen LogP contribution in [0.5, 0.6) is 0 Å². The van der Waals surface area contributed by atoms with E-state index in [-0.39, 0.29) is 11.8 Å². The molecule has 0 bridgehead atoms. The van der Waals surface area contributed by atoms with E-state index in [1.54, 1.807) is 43.5 Å². The summed E-state index contributed by atoms with van der Waals surface area (Å²) in [6.45, 7) is 2.45. The maximum absolute atomic E-state index is 12.7. The molecule has 5 nitrogen and oxygen atoms in total. The Morgan fingerprint density at radius 1 is 0.857 bits per heavy atom. The number of carbonyl (C=O) groups excluding carboxylic acids is 2. The molecule has 3 rings (SSSR count). The summed E-state index contributed by atoms with van der Waals surface area (Å²) < 4.78 is 5.08. The average Bonchev–Trinajstić information content (AvgIpc) is 2.69. The lowest BCUT2D eigenvalue weighted by molar-refractivity contribution is 0.102. The predicted octanol–water partition coefficient (Wildman–Crippen LogP) is 4.65. The minimum Gasteiger partial charge on any atom is -0.380 e. The Kier molecular flexibility index (Phi) is 6.19. The average molecular weight is 374 g/mol. The van der Waals surface area contributed by atoms with Crippen LogP contribution in [0.3, 0.4) is 0 Å². The van der Waals surface area contributed by atoms with E-state index < -0.39 is 0 Å². The standard InChI is InChI=1S/C23H22N2O3/c1-16-6-5-7-19(14-16)24-23(27)20-8-3-4-9-21(20)25-22(26)18-12-10-17(11-13-18)15-28-2/h3-14H,15H2,1-2H3,(H,24,27)(H,25,26). The molecule has 0 spiro atoms.